The molecule has 0 aliphatic carbocycles. The molecular weight excluding hydrogens is 326 g/mol. The van der Waals surface area contributed by atoms with E-state index in [4.69, 9.17) is 16.7 Å². The van der Waals surface area contributed by atoms with Crippen molar-refractivity contribution < 1.29 is 23.2 Å². The number of carbonyl (C=O) groups is 1. The van der Waals surface area contributed by atoms with Crippen LogP contribution in [0.5, 0.6) is 0 Å². The van der Waals surface area contributed by atoms with Crippen LogP contribution in [-0.4, -0.2) is 42.3 Å². The maximum Gasteiger partial charge on any atom is 0.304 e. The minimum absolute atomic E-state index is 0.0350. The van der Waals surface area contributed by atoms with Crippen molar-refractivity contribution in [3.63, 3.8) is 0 Å². The molecule has 1 aromatic carbocycles. The minimum Gasteiger partial charge on any atom is -0.481 e. The van der Waals surface area contributed by atoms with Crippen LogP contribution >= 0.6 is 11.6 Å². The van der Waals surface area contributed by atoms with Gasteiger partial charge in [-0.3, -0.25) is 19.6 Å². The average molecular weight is 338 g/mol. The van der Waals surface area contributed by atoms with Crippen LogP contribution in [-0.2, 0) is 15.0 Å². The Morgan fingerprint density at radius 3 is 2.62 bits per heavy atom. The number of anilines is 1. The Morgan fingerprint density at radius 2 is 2.14 bits per heavy atom. The summed E-state index contributed by atoms with van der Waals surface area (Å²) in [6.07, 6.45) is -0.349. The number of halogens is 1. The van der Waals surface area contributed by atoms with Gasteiger partial charge in [0.2, 0.25) is 0 Å². The van der Waals surface area contributed by atoms with Crippen LogP contribution in [0.2, 0.25) is 5.02 Å². The molecule has 11 heteroatoms. The Kier molecular flexibility index (Phi) is 5.47. The first kappa shape index (κ1) is 17.1. The van der Waals surface area contributed by atoms with Crippen LogP contribution in [0.1, 0.15) is 6.42 Å². The quantitative estimate of drug-likeness (QED) is 0.570. The summed E-state index contributed by atoms with van der Waals surface area (Å²) in [4.78, 5) is 20.3. The molecule has 0 fully saturated rings. The van der Waals surface area contributed by atoms with Gasteiger partial charge in [0.15, 0.2) is 0 Å². The maximum atomic E-state index is 11.9. The van der Waals surface area contributed by atoms with Gasteiger partial charge in [0, 0.05) is 19.7 Å². The monoisotopic (exact) mass is 337 g/mol. The number of nitrogens with one attached hydrogen (secondary N) is 1. The Labute approximate surface area is 125 Å². The van der Waals surface area contributed by atoms with Gasteiger partial charge in [-0.1, -0.05) is 11.6 Å². The summed E-state index contributed by atoms with van der Waals surface area (Å²) in [5, 5.41) is 18.9. The number of carboxylic acids is 1. The van der Waals surface area contributed by atoms with E-state index in [-0.39, 0.29) is 29.4 Å². The molecule has 0 heterocycles. The molecule has 116 valence electrons. The van der Waals surface area contributed by atoms with E-state index in [1.165, 1.54) is 13.1 Å². The highest BCUT2D eigenvalue weighted by Gasteiger charge is 2.20. The number of nitro groups is 1. The van der Waals surface area contributed by atoms with E-state index < -0.39 is 21.1 Å². The second-order valence-corrected chi connectivity index (χ2v) is 6.18. The first-order valence-corrected chi connectivity index (χ1v) is 7.35. The van der Waals surface area contributed by atoms with E-state index >= 15 is 0 Å². The van der Waals surface area contributed by atoms with Gasteiger partial charge < -0.3 is 5.11 Å². The van der Waals surface area contributed by atoms with E-state index in [0.717, 1.165) is 16.4 Å². The second-order valence-electron chi connectivity index (χ2n) is 4.00. The lowest BCUT2D eigenvalue weighted by atomic mass is 10.3. The van der Waals surface area contributed by atoms with Gasteiger partial charge >= 0.3 is 16.2 Å². The van der Waals surface area contributed by atoms with Crippen molar-refractivity contribution in [3.05, 3.63) is 33.3 Å². The Balaban J connectivity index is 2.86. The molecular formula is C10H12ClN3O6S. The van der Waals surface area contributed by atoms with E-state index in [1.807, 2.05) is 0 Å². The molecule has 0 saturated heterocycles. The predicted octanol–water partition coefficient (Wildman–Crippen LogP) is 1.31. The van der Waals surface area contributed by atoms with Crippen LogP contribution in [0.3, 0.4) is 0 Å². The van der Waals surface area contributed by atoms with Crippen LogP contribution in [0.15, 0.2) is 18.2 Å². The number of hydrogen-bond donors (Lipinski definition) is 2. The molecule has 0 amide bonds. The van der Waals surface area contributed by atoms with Crippen molar-refractivity contribution in [2.24, 2.45) is 0 Å². The number of nitrogens with zero attached hydrogens (tertiary/aromatic N) is 2. The van der Waals surface area contributed by atoms with Crippen LogP contribution in [0, 0.1) is 10.1 Å². The van der Waals surface area contributed by atoms with Gasteiger partial charge in [0.05, 0.1) is 17.0 Å². The fourth-order valence-corrected chi connectivity index (χ4v) is 2.48. The lowest BCUT2D eigenvalue weighted by Gasteiger charge is -2.17. The fraction of sp³-hybridized carbons (Fsp3) is 0.300. The predicted molar refractivity (Wildman–Crippen MR) is 75.5 cm³/mol. The van der Waals surface area contributed by atoms with E-state index in [9.17, 15) is 23.3 Å². The molecule has 0 atom stereocenters. The highest BCUT2D eigenvalue weighted by molar-refractivity contribution is 7.90. The molecule has 9 nitrogen and oxygen atoms in total. The minimum atomic E-state index is -3.97. The summed E-state index contributed by atoms with van der Waals surface area (Å²) in [5.41, 5.74) is -0.313. The first-order chi connectivity index (χ1) is 9.63. The molecule has 0 radical (unpaired) electrons. The molecule has 2 N–H and O–H groups in total. The van der Waals surface area contributed by atoms with Crippen molar-refractivity contribution in [2.45, 2.75) is 6.42 Å². The molecule has 1 rings (SSSR count). The number of aliphatic carboxylic acids is 1. The molecule has 0 aromatic heterocycles. The highest BCUT2D eigenvalue weighted by atomic mass is 35.5. The van der Waals surface area contributed by atoms with Gasteiger partial charge in [-0.25, -0.2) is 0 Å². The van der Waals surface area contributed by atoms with Gasteiger partial charge in [-0.2, -0.15) is 12.7 Å². The van der Waals surface area contributed by atoms with Crippen molar-refractivity contribution in [3.8, 4) is 0 Å². The summed E-state index contributed by atoms with van der Waals surface area (Å²) in [5.74, 6) is -1.13. The van der Waals surface area contributed by atoms with Crippen LogP contribution < -0.4 is 4.72 Å². The summed E-state index contributed by atoms with van der Waals surface area (Å²) >= 11 is 5.67. The normalized spacial score (nSPS) is 11.4. The lowest BCUT2D eigenvalue weighted by Crippen LogP contribution is -2.34. The topological polar surface area (TPSA) is 130 Å². The largest absolute Gasteiger partial charge is 0.481 e. The Morgan fingerprint density at radius 1 is 1.52 bits per heavy atom. The third-order valence-electron chi connectivity index (χ3n) is 2.44. The summed E-state index contributed by atoms with van der Waals surface area (Å²) in [6.45, 7) is -0.217. The zero-order chi connectivity index (χ0) is 16.2. The number of nitro benzene ring substituents is 1. The second kappa shape index (κ2) is 6.70. The molecule has 0 aliphatic rings. The summed E-state index contributed by atoms with van der Waals surface area (Å²) in [7, 11) is -2.76. The van der Waals surface area contributed by atoms with Crippen molar-refractivity contribution in [2.75, 3.05) is 18.3 Å². The van der Waals surface area contributed by atoms with Crippen LogP contribution in [0.25, 0.3) is 0 Å². The molecule has 0 bridgehead atoms. The Bertz CT molecular complexity index is 663. The third-order valence-corrected chi connectivity index (χ3v) is 4.24. The zero-order valence-corrected chi connectivity index (χ0v) is 12.4. The fourth-order valence-electron chi connectivity index (χ4n) is 1.32. The maximum absolute atomic E-state index is 11.9. The first-order valence-electron chi connectivity index (χ1n) is 5.53. The van der Waals surface area contributed by atoms with Crippen molar-refractivity contribution in [1.29, 1.82) is 0 Å². The van der Waals surface area contributed by atoms with Crippen molar-refractivity contribution in [1.82, 2.24) is 4.31 Å². The number of benzene rings is 1. The number of hydrogen-bond acceptors (Lipinski definition) is 5. The molecule has 1 aromatic rings. The van der Waals surface area contributed by atoms with Gasteiger partial charge in [0.25, 0.3) is 5.69 Å². The lowest BCUT2D eigenvalue weighted by molar-refractivity contribution is -0.384. The van der Waals surface area contributed by atoms with E-state index in [1.54, 1.807) is 0 Å². The van der Waals surface area contributed by atoms with E-state index in [2.05, 4.69) is 4.72 Å². The molecule has 0 spiro atoms. The van der Waals surface area contributed by atoms with E-state index in [0.29, 0.717) is 0 Å². The van der Waals surface area contributed by atoms with Crippen LogP contribution in [0.4, 0.5) is 11.4 Å². The third kappa shape index (κ3) is 4.85. The van der Waals surface area contributed by atoms with Crippen molar-refractivity contribution >= 4 is 39.2 Å². The zero-order valence-electron chi connectivity index (χ0n) is 10.8. The molecule has 21 heavy (non-hydrogen) atoms. The molecule has 0 aliphatic heterocycles. The number of rotatable bonds is 7. The summed E-state index contributed by atoms with van der Waals surface area (Å²) < 4.78 is 26.7. The number of carboxylic acid groups (broad SMARTS) is 1. The highest BCUT2D eigenvalue weighted by Crippen LogP contribution is 2.27. The standard InChI is InChI=1S/C10H12ClN3O6S/c1-13(5-4-10(15)16)21(19,20)12-7-2-3-9(14(17)18)8(11)6-7/h2-3,6,12H,4-5H2,1H3,(H,15,16). The SMILES string of the molecule is CN(CCC(=O)O)S(=O)(=O)Nc1ccc([N+](=O)[O-])c(Cl)c1. The van der Waals surface area contributed by atoms with Gasteiger partial charge in [-0.05, 0) is 12.1 Å². The smallest absolute Gasteiger partial charge is 0.304 e. The molecule has 0 saturated carbocycles. The summed E-state index contributed by atoms with van der Waals surface area (Å²) in [6, 6.07) is 3.35. The molecule has 0 unspecified atom stereocenters. The average Bonchev–Trinajstić information content (AvgIpc) is 2.34. The Hall–Kier alpha value is -1.91. The van der Waals surface area contributed by atoms with Gasteiger partial charge in [0.1, 0.15) is 5.02 Å². The van der Waals surface area contributed by atoms with Gasteiger partial charge in [-0.15, -0.1) is 0 Å².